The second-order valence-corrected chi connectivity index (χ2v) is 18.2. The lowest BCUT2D eigenvalue weighted by molar-refractivity contribution is 0.441. The Hall–Kier alpha value is -7.60. The molecule has 4 unspecified atom stereocenters. The molecular weight excluding hydrogens is 797 g/mol. The Bertz CT molecular complexity index is 3290. The summed E-state index contributed by atoms with van der Waals surface area (Å²) in [4.78, 5) is 17.5. The van der Waals surface area contributed by atoms with Crippen molar-refractivity contribution in [2.75, 3.05) is 5.32 Å². The van der Waals surface area contributed by atoms with Crippen LogP contribution < -0.4 is 5.32 Å². The zero-order valence-corrected chi connectivity index (χ0v) is 35.6. The number of hydrogen-bond acceptors (Lipinski definition) is 5. The summed E-state index contributed by atoms with van der Waals surface area (Å²) >= 11 is 1.92. The zero-order chi connectivity index (χ0) is 42.2. The zero-order valence-electron chi connectivity index (χ0n) is 34.8. The summed E-state index contributed by atoms with van der Waals surface area (Å²) in [7, 11) is 0. The smallest absolute Gasteiger partial charge is 0.164 e. The Morgan fingerprint density at radius 1 is 0.422 bits per heavy atom. The van der Waals surface area contributed by atoms with Crippen molar-refractivity contribution in [1.82, 2.24) is 15.0 Å². The SMILES string of the molecule is C1=CC2c3ccccc3C3(c4ccccc4Sc4cc5c(cc43)C(c3ccccc3)Nc3ccc(-c4ccc(-c6nc(-c7ccccc7)nc(-c7ccccc7)n6)cc4)cc3-5)C2C=C1. The molecule has 0 saturated carbocycles. The quantitative estimate of drug-likeness (QED) is 0.187. The second-order valence-electron chi connectivity index (χ2n) is 17.1. The molecule has 2 aliphatic heterocycles. The van der Waals surface area contributed by atoms with Gasteiger partial charge in [0.15, 0.2) is 17.5 Å². The second kappa shape index (κ2) is 14.8. The largest absolute Gasteiger partial charge is 0.374 e. The molecular formula is C59H40N4S. The molecule has 9 aromatic rings. The first-order chi connectivity index (χ1) is 31.7. The van der Waals surface area contributed by atoms with Crippen LogP contribution in [-0.4, -0.2) is 15.0 Å². The molecule has 0 radical (unpaired) electrons. The van der Waals surface area contributed by atoms with Crippen LogP contribution in [0.15, 0.2) is 228 Å². The van der Waals surface area contributed by atoms with E-state index >= 15 is 0 Å². The highest BCUT2D eigenvalue weighted by Crippen LogP contribution is 2.65. The van der Waals surface area contributed by atoms with Gasteiger partial charge in [-0.05, 0) is 74.3 Å². The van der Waals surface area contributed by atoms with E-state index in [2.05, 4.69) is 163 Å². The molecule has 13 rings (SSSR count). The Morgan fingerprint density at radius 3 is 1.72 bits per heavy atom. The van der Waals surface area contributed by atoms with Crippen LogP contribution in [0.4, 0.5) is 5.69 Å². The monoisotopic (exact) mass is 836 g/mol. The van der Waals surface area contributed by atoms with E-state index in [4.69, 9.17) is 15.0 Å². The van der Waals surface area contributed by atoms with Crippen LogP contribution in [0.3, 0.4) is 0 Å². The summed E-state index contributed by atoms with van der Waals surface area (Å²) in [6.07, 6.45) is 9.41. The van der Waals surface area contributed by atoms with Gasteiger partial charge in [-0.2, -0.15) is 0 Å². The first-order valence-electron chi connectivity index (χ1n) is 22.0. The third-order valence-corrected chi connectivity index (χ3v) is 14.9. The summed E-state index contributed by atoms with van der Waals surface area (Å²) in [5, 5.41) is 4.04. The van der Waals surface area contributed by atoms with Crippen molar-refractivity contribution in [3.8, 4) is 56.4 Å². The van der Waals surface area contributed by atoms with Gasteiger partial charge < -0.3 is 5.32 Å². The van der Waals surface area contributed by atoms with Gasteiger partial charge in [-0.15, -0.1) is 0 Å². The van der Waals surface area contributed by atoms with Crippen LogP contribution in [0.5, 0.6) is 0 Å². The number of anilines is 1. The third-order valence-electron chi connectivity index (χ3n) is 13.7. The summed E-state index contributed by atoms with van der Waals surface area (Å²) in [5.74, 6) is 2.52. The van der Waals surface area contributed by atoms with Crippen LogP contribution in [0.2, 0.25) is 0 Å². The highest BCUT2D eigenvalue weighted by atomic mass is 32.2. The number of hydrogen-bond donors (Lipinski definition) is 1. The molecule has 5 heteroatoms. The maximum Gasteiger partial charge on any atom is 0.164 e. The Balaban J connectivity index is 0.948. The Morgan fingerprint density at radius 2 is 1.00 bits per heavy atom. The minimum absolute atomic E-state index is 0.0190. The first-order valence-corrected chi connectivity index (χ1v) is 22.9. The molecule has 8 aromatic carbocycles. The number of nitrogens with one attached hydrogen (secondary N) is 1. The normalized spacial score (nSPS) is 19.4. The molecule has 3 heterocycles. The van der Waals surface area contributed by atoms with Gasteiger partial charge in [-0.1, -0.05) is 206 Å². The molecule has 302 valence electrons. The highest BCUT2D eigenvalue weighted by Gasteiger charge is 2.56. The van der Waals surface area contributed by atoms with Gasteiger partial charge in [0.25, 0.3) is 0 Å². The average Bonchev–Trinajstić information content (AvgIpc) is 3.67. The van der Waals surface area contributed by atoms with Crippen molar-refractivity contribution in [3.05, 3.63) is 252 Å². The summed E-state index contributed by atoms with van der Waals surface area (Å²) in [6.45, 7) is 0. The van der Waals surface area contributed by atoms with Crippen molar-refractivity contribution in [1.29, 1.82) is 0 Å². The first kappa shape index (κ1) is 37.0. The maximum absolute atomic E-state index is 4.99. The van der Waals surface area contributed by atoms with Crippen LogP contribution in [-0.2, 0) is 5.41 Å². The van der Waals surface area contributed by atoms with Crippen molar-refractivity contribution in [2.45, 2.75) is 27.2 Å². The van der Waals surface area contributed by atoms with E-state index < -0.39 is 0 Å². The maximum atomic E-state index is 4.99. The lowest BCUT2D eigenvalue weighted by Gasteiger charge is -2.44. The minimum Gasteiger partial charge on any atom is -0.374 e. The fraction of sp³-hybridized carbons (Fsp3) is 0.0678. The molecule has 64 heavy (non-hydrogen) atoms. The van der Waals surface area contributed by atoms with Crippen LogP contribution in [0.1, 0.15) is 45.3 Å². The van der Waals surface area contributed by atoms with E-state index in [9.17, 15) is 0 Å². The summed E-state index contributed by atoms with van der Waals surface area (Å²) in [5.41, 5.74) is 16.6. The van der Waals surface area contributed by atoms with Crippen molar-refractivity contribution >= 4 is 17.4 Å². The average molecular weight is 837 g/mol. The van der Waals surface area contributed by atoms with E-state index in [0.717, 1.165) is 33.5 Å². The summed E-state index contributed by atoms with van der Waals surface area (Å²) in [6, 6.07) is 70.2. The van der Waals surface area contributed by atoms with Crippen LogP contribution >= 0.6 is 11.8 Å². The highest BCUT2D eigenvalue weighted by molar-refractivity contribution is 7.99. The molecule has 4 nitrogen and oxygen atoms in total. The molecule has 4 aliphatic rings. The van der Waals surface area contributed by atoms with E-state index in [1.807, 2.05) is 72.4 Å². The third kappa shape index (κ3) is 5.74. The van der Waals surface area contributed by atoms with Crippen LogP contribution in [0, 0.1) is 5.92 Å². The molecule has 2 aliphatic carbocycles. The number of aromatic nitrogens is 3. The van der Waals surface area contributed by atoms with E-state index in [1.54, 1.807) is 0 Å². The molecule has 0 bridgehead atoms. The minimum atomic E-state index is -0.331. The lowest BCUT2D eigenvalue weighted by atomic mass is 9.62. The van der Waals surface area contributed by atoms with E-state index in [-0.39, 0.29) is 17.4 Å². The summed E-state index contributed by atoms with van der Waals surface area (Å²) < 4.78 is 0. The molecule has 0 saturated heterocycles. The molecule has 1 aromatic heterocycles. The fourth-order valence-corrected chi connectivity index (χ4v) is 12.1. The Kier molecular flexibility index (Phi) is 8.53. The van der Waals surface area contributed by atoms with E-state index in [1.165, 1.54) is 54.3 Å². The molecule has 1 spiro atoms. The number of fused-ring (bicyclic) bond motifs is 12. The van der Waals surface area contributed by atoms with Crippen molar-refractivity contribution in [3.63, 3.8) is 0 Å². The lowest BCUT2D eigenvalue weighted by Crippen LogP contribution is -2.38. The van der Waals surface area contributed by atoms with Gasteiger partial charge in [0, 0.05) is 49.6 Å². The van der Waals surface area contributed by atoms with Crippen molar-refractivity contribution in [2.24, 2.45) is 5.92 Å². The van der Waals surface area contributed by atoms with Gasteiger partial charge in [0.05, 0.1) is 11.5 Å². The molecule has 0 amide bonds. The van der Waals surface area contributed by atoms with Crippen LogP contribution in [0.25, 0.3) is 56.4 Å². The number of benzene rings is 8. The number of rotatable bonds is 5. The van der Waals surface area contributed by atoms with Gasteiger partial charge in [-0.3, -0.25) is 0 Å². The molecule has 1 N–H and O–H groups in total. The fourth-order valence-electron chi connectivity index (χ4n) is 10.9. The van der Waals surface area contributed by atoms with Gasteiger partial charge in [0.1, 0.15) is 0 Å². The molecule has 4 atom stereocenters. The van der Waals surface area contributed by atoms with Gasteiger partial charge in [0.2, 0.25) is 0 Å². The Labute approximate surface area is 377 Å². The predicted octanol–water partition coefficient (Wildman–Crippen LogP) is 14.4. The van der Waals surface area contributed by atoms with Gasteiger partial charge >= 0.3 is 0 Å². The standard InChI is InChI=1S/C59H40N4S/c1-4-16-38(17-5-1)55-47-35-51-54(64-53-27-15-14-26-50(53)59(51)48-24-12-10-22-43(48)44-23-11-13-25-49(44)59)36-45(47)46-34-42(32-33-52(46)60-55)37-28-30-41(31-29-37)58-62-56(39-18-6-2-7-19-39)61-57(63-58)40-20-8-3-9-21-40/h1-36,43,48,55,60H. The van der Waals surface area contributed by atoms with Crippen molar-refractivity contribution < 1.29 is 0 Å². The topological polar surface area (TPSA) is 50.7 Å². The number of nitrogens with zero attached hydrogens (tertiary/aromatic N) is 3. The predicted molar refractivity (Wildman–Crippen MR) is 260 cm³/mol. The number of allylic oxidation sites excluding steroid dienone is 4. The van der Waals surface area contributed by atoms with Gasteiger partial charge in [-0.25, -0.2) is 15.0 Å². The van der Waals surface area contributed by atoms with E-state index in [0.29, 0.717) is 23.4 Å². The molecule has 0 fully saturated rings.